The van der Waals surface area contributed by atoms with Crippen LogP contribution in [0.1, 0.15) is 6.42 Å². The molecule has 1 aliphatic rings. The average molecular weight is 192 g/mol. The van der Waals surface area contributed by atoms with Gasteiger partial charge in [-0.1, -0.05) is 0 Å². The Morgan fingerprint density at radius 3 is 3.07 bits per heavy atom. The Balaban J connectivity index is 2.12. The Kier molecular flexibility index (Phi) is 2.84. The molecule has 1 aromatic heterocycles. The molecular formula is C10H16N4. The molecule has 1 aromatic rings. The van der Waals surface area contributed by atoms with Crippen molar-refractivity contribution in [2.45, 2.75) is 6.42 Å². The number of anilines is 2. The molecule has 0 aliphatic carbocycles. The smallest absolute Gasteiger partial charge is 0.0573 e. The van der Waals surface area contributed by atoms with Gasteiger partial charge in [0.1, 0.15) is 0 Å². The Morgan fingerprint density at radius 1 is 1.29 bits per heavy atom. The van der Waals surface area contributed by atoms with E-state index in [2.05, 4.69) is 15.2 Å². The molecule has 4 heteroatoms. The SMILES string of the molecule is Nc1cncc(N2CCCNCC2)c1. The number of nitrogen functional groups attached to an aromatic ring is 1. The molecule has 1 fully saturated rings. The zero-order valence-corrected chi connectivity index (χ0v) is 8.24. The van der Waals surface area contributed by atoms with Crippen LogP contribution in [0.25, 0.3) is 0 Å². The Bertz CT molecular complexity index is 292. The Hall–Kier alpha value is -1.29. The monoisotopic (exact) mass is 192 g/mol. The van der Waals surface area contributed by atoms with E-state index >= 15 is 0 Å². The molecule has 0 spiro atoms. The van der Waals surface area contributed by atoms with Crippen LogP contribution in [0.5, 0.6) is 0 Å². The van der Waals surface area contributed by atoms with Crippen LogP contribution in [-0.2, 0) is 0 Å². The van der Waals surface area contributed by atoms with Crippen molar-refractivity contribution in [1.29, 1.82) is 0 Å². The molecule has 0 unspecified atom stereocenters. The van der Waals surface area contributed by atoms with Crippen LogP contribution in [0.2, 0.25) is 0 Å². The summed E-state index contributed by atoms with van der Waals surface area (Å²) in [5.41, 5.74) is 7.57. The summed E-state index contributed by atoms with van der Waals surface area (Å²) in [4.78, 5) is 6.43. The maximum atomic E-state index is 5.70. The number of nitrogens with zero attached hydrogens (tertiary/aromatic N) is 2. The van der Waals surface area contributed by atoms with Gasteiger partial charge in [-0.3, -0.25) is 4.98 Å². The molecule has 0 amide bonds. The second-order valence-electron chi connectivity index (χ2n) is 3.57. The lowest BCUT2D eigenvalue weighted by Gasteiger charge is -2.21. The van der Waals surface area contributed by atoms with Crippen molar-refractivity contribution in [3.63, 3.8) is 0 Å². The van der Waals surface area contributed by atoms with Crippen LogP contribution < -0.4 is 16.0 Å². The molecule has 1 saturated heterocycles. The van der Waals surface area contributed by atoms with Crippen LogP contribution in [0.15, 0.2) is 18.5 Å². The van der Waals surface area contributed by atoms with Gasteiger partial charge in [0.15, 0.2) is 0 Å². The summed E-state index contributed by atoms with van der Waals surface area (Å²) in [5.74, 6) is 0. The lowest BCUT2D eigenvalue weighted by atomic mass is 10.3. The molecule has 1 aliphatic heterocycles. The number of hydrogen-bond donors (Lipinski definition) is 2. The van der Waals surface area contributed by atoms with Crippen molar-refractivity contribution < 1.29 is 0 Å². The summed E-state index contributed by atoms with van der Waals surface area (Å²) in [7, 11) is 0. The van der Waals surface area contributed by atoms with Crippen molar-refractivity contribution in [2.75, 3.05) is 36.8 Å². The minimum atomic E-state index is 0.736. The van der Waals surface area contributed by atoms with Gasteiger partial charge in [-0.05, 0) is 19.0 Å². The highest BCUT2D eigenvalue weighted by Gasteiger charge is 2.09. The summed E-state index contributed by atoms with van der Waals surface area (Å²) >= 11 is 0. The summed E-state index contributed by atoms with van der Waals surface area (Å²) < 4.78 is 0. The van der Waals surface area contributed by atoms with E-state index in [1.807, 2.05) is 12.3 Å². The van der Waals surface area contributed by atoms with Crippen molar-refractivity contribution in [2.24, 2.45) is 0 Å². The highest BCUT2D eigenvalue weighted by Crippen LogP contribution is 2.16. The number of rotatable bonds is 1. The second kappa shape index (κ2) is 4.28. The quantitative estimate of drug-likeness (QED) is 0.679. The topological polar surface area (TPSA) is 54.2 Å². The fourth-order valence-corrected chi connectivity index (χ4v) is 1.72. The van der Waals surface area contributed by atoms with Gasteiger partial charge in [0.2, 0.25) is 0 Å². The first kappa shape index (κ1) is 9.27. The Morgan fingerprint density at radius 2 is 2.21 bits per heavy atom. The molecule has 0 bridgehead atoms. The van der Waals surface area contributed by atoms with Gasteiger partial charge in [0.25, 0.3) is 0 Å². The minimum Gasteiger partial charge on any atom is -0.397 e. The molecule has 76 valence electrons. The third kappa shape index (κ3) is 2.14. The first-order valence-electron chi connectivity index (χ1n) is 5.02. The number of nitrogens with one attached hydrogen (secondary N) is 1. The molecule has 0 radical (unpaired) electrons. The maximum Gasteiger partial charge on any atom is 0.0573 e. The number of nitrogens with two attached hydrogens (primary N) is 1. The summed E-state index contributed by atoms with van der Waals surface area (Å²) in [6.45, 7) is 4.25. The normalized spacial score (nSPS) is 17.9. The average Bonchev–Trinajstić information content (AvgIpc) is 2.45. The van der Waals surface area contributed by atoms with Gasteiger partial charge >= 0.3 is 0 Å². The van der Waals surface area contributed by atoms with Gasteiger partial charge in [0, 0.05) is 25.8 Å². The minimum absolute atomic E-state index is 0.736. The van der Waals surface area contributed by atoms with Gasteiger partial charge in [-0.25, -0.2) is 0 Å². The molecule has 14 heavy (non-hydrogen) atoms. The third-order valence-corrected chi connectivity index (χ3v) is 2.45. The van der Waals surface area contributed by atoms with Gasteiger partial charge in [-0.2, -0.15) is 0 Å². The fraction of sp³-hybridized carbons (Fsp3) is 0.500. The highest BCUT2D eigenvalue weighted by molar-refractivity contribution is 5.53. The standard InChI is InChI=1S/C10H16N4/c11-9-6-10(8-13-7-9)14-4-1-2-12-3-5-14/h6-8,12H,1-5,11H2. The zero-order valence-electron chi connectivity index (χ0n) is 8.24. The second-order valence-corrected chi connectivity index (χ2v) is 3.57. The van der Waals surface area contributed by atoms with Crippen molar-refractivity contribution in [1.82, 2.24) is 10.3 Å². The molecule has 0 saturated carbocycles. The van der Waals surface area contributed by atoms with E-state index in [1.54, 1.807) is 6.20 Å². The number of pyridine rings is 1. The van der Waals surface area contributed by atoms with E-state index in [0.29, 0.717) is 0 Å². The highest BCUT2D eigenvalue weighted by atomic mass is 15.2. The van der Waals surface area contributed by atoms with E-state index in [4.69, 9.17) is 5.73 Å². The van der Waals surface area contributed by atoms with Crippen molar-refractivity contribution in [3.05, 3.63) is 18.5 Å². The fourth-order valence-electron chi connectivity index (χ4n) is 1.72. The maximum absolute atomic E-state index is 5.70. The number of aromatic nitrogens is 1. The van der Waals surface area contributed by atoms with Crippen LogP contribution >= 0.6 is 0 Å². The van der Waals surface area contributed by atoms with E-state index < -0.39 is 0 Å². The summed E-state index contributed by atoms with van der Waals surface area (Å²) in [6, 6.07) is 1.98. The first-order chi connectivity index (χ1) is 6.86. The molecule has 0 aromatic carbocycles. The van der Waals surface area contributed by atoms with E-state index in [0.717, 1.165) is 37.6 Å². The van der Waals surface area contributed by atoms with Crippen LogP contribution in [0.4, 0.5) is 11.4 Å². The molecule has 2 heterocycles. The predicted molar refractivity (Wildman–Crippen MR) is 58.3 cm³/mol. The van der Waals surface area contributed by atoms with Gasteiger partial charge in [-0.15, -0.1) is 0 Å². The van der Waals surface area contributed by atoms with Crippen molar-refractivity contribution >= 4 is 11.4 Å². The summed E-state index contributed by atoms with van der Waals surface area (Å²) in [5, 5.41) is 3.37. The zero-order chi connectivity index (χ0) is 9.80. The third-order valence-electron chi connectivity index (χ3n) is 2.45. The van der Waals surface area contributed by atoms with Crippen LogP contribution in [0.3, 0.4) is 0 Å². The molecule has 2 rings (SSSR count). The predicted octanol–water partition coefficient (Wildman–Crippen LogP) is 0.463. The van der Waals surface area contributed by atoms with Crippen LogP contribution in [0, 0.1) is 0 Å². The summed E-state index contributed by atoms with van der Waals surface area (Å²) in [6.07, 6.45) is 4.73. The Labute approximate surface area is 84.1 Å². The van der Waals surface area contributed by atoms with E-state index in [1.165, 1.54) is 6.42 Å². The first-order valence-corrected chi connectivity index (χ1v) is 5.02. The van der Waals surface area contributed by atoms with Crippen LogP contribution in [-0.4, -0.2) is 31.2 Å². The molecular weight excluding hydrogens is 176 g/mol. The molecule has 3 N–H and O–H groups in total. The number of hydrogen-bond acceptors (Lipinski definition) is 4. The lowest BCUT2D eigenvalue weighted by molar-refractivity contribution is 0.724. The van der Waals surface area contributed by atoms with Gasteiger partial charge in [0.05, 0.1) is 17.6 Å². The van der Waals surface area contributed by atoms with Gasteiger partial charge < -0.3 is 16.0 Å². The largest absolute Gasteiger partial charge is 0.397 e. The molecule has 4 nitrogen and oxygen atoms in total. The van der Waals surface area contributed by atoms with Crippen molar-refractivity contribution in [3.8, 4) is 0 Å². The molecule has 0 atom stereocenters. The van der Waals surface area contributed by atoms with E-state index in [-0.39, 0.29) is 0 Å². The van der Waals surface area contributed by atoms with E-state index in [9.17, 15) is 0 Å². The lowest BCUT2D eigenvalue weighted by Crippen LogP contribution is -2.27.